The summed E-state index contributed by atoms with van der Waals surface area (Å²) in [6.45, 7) is 0.0184. The SMILES string of the molecule is COc1ccc(Cl)cc1/C=N\NC(=O)Cn1nnc2ccccc21. The molecule has 3 rings (SSSR count). The number of carbonyl (C=O) groups excluding carboxylic acids is 1. The Labute approximate surface area is 142 Å². The molecule has 8 heteroatoms. The summed E-state index contributed by atoms with van der Waals surface area (Å²) < 4.78 is 6.72. The topological polar surface area (TPSA) is 81.4 Å². The van der Waals surface area contributed by atoms with Gasteiger partial charge < -0.3 is 4.74 Å². The molecule has 0 atom stereocenters. The molecule has 0 bridgehead atoms. The molecule has 1 N–H and O–H groups in total. The lowest BCUT2D eigenvalue weighted by atomic mass is 10.2. The van der Waals surface area contributed by atoms with Gasteiger partial charge in [0.15, 0.2) is 0 Å². The number of nitrogens with one attached hydrogen (secondary N) is 1. The van der Waals surface area contributed by atoms with Crippen molar-refractivity contribution in [3.63, 3.8) is 0 Å². The molecule has 0 saturated heterocycles. The van der Waals surface area contributed by atoms with Gasteiger partial charge in [-0.25, -0.2) is 10.1 Å². The fraction of sp³-hybridized carbons (Fsp3) is 0.125. The van der Waals surface area contributed by atoms with E-state index in [0.29, 0.717) is 16.3 Å². The number of amides is 1. The Morgan fingerprint density at radius 1 is 1.38 bits per heavy atom. The molecule has 3 aromatic rings. The van der Waals surface area contributed by atoms with Crippen molar-refractivity contribution in [2.75, 3.05) is 7.11 Å². The Kier molecular flexibility index (Phi) is 4.72. The highest BCUT2D eigenvalue weighted by atomic mass is 35.5. The first-order valence-corrected chi connectivity index (χ1v) is 7.49. The van der Waals surface area contributed by atoms with E-state index in [1.165, 1.54) is 10.9 Å². The van der Waals surface area contributed by atoms with E-state index in [9.17, 15) is 4.79 Å². The molecule has 122 valence electrons. The maximum Gasteiger partial charge on any atom is 0.261 e. The van der Waals surface area contributed by atoms with E-state index < -0.39 is 0 Å². The zero-order chi connectivity index (χ0) is 16.9. The zero-order valence-electron chi connectivity index (χ0n) is 12.8. The summed E-state index contributed by atoms with van der Waals surface area (Å²) in [5.41, 5.74) is 4.63. The minimum atomic E-state index is -0.317. The molecule has 1 aromatic heterocycles. The van der Waals surface area contributed by atoms with Gasteiger partial charge in [-0.05, 0) is 30.3 Å². The molecule has 1 heterocycles. The van der Waals surface area contributed by atoms with Gasteiger partial charge in [-0.15, -0.1) is 5.10 Å². The number of ether oxygens (including phenoxy) is 1. The summed E-state index contributed by atoms with van der Waals surface area (Å²) in [6.07, 6.45) is 1.47. The monoisotopic (exact) mass is 343 g/mol. The average Bonchev–Trinajstić information content (AvgIpc) is 2.98. The highest BCUT2D eigenvalue weighted by Gasteiger charge is 2.08. The first-order valence-electron chi connectivity index (χ1n) is 7.11. The smallest absolute Gasteiger partial charge is 0.261 e. The molecule has 0 aliphatic rings. The average molecular weight is 344 g/mol. The Balaban J connectivity index is 1.66. The van der Waals surface area contributed by atoms with Crippen molar-refractivity contribution in [2.24, 2.45) is 5.10 Å². The van der Waals surface area contributed by atoms with Gasteiger partial charge in [0, 0.05) is 10.6 Å². The zero-order valence-corrected chi connectivity index (χ0v) is 13.6. The lowest BCUT2D eigenvalue weighted by Gasteiger charge is -2.04. The number of methoxy groups -OCH3 is 1. The standard InChI is InChI=1S/C16H14ClN5O2/c1-24-15-7-6-12(17)8-11(15)9-18-20-16(23)10-22-14-5-3-2-4-13(14)19-21-22/h2-9H,10H2,1H3,(H,20,23)/b18-9-. The fourth-order valence-corrected chi connectivity index (χ4v) is 2.37. The normalized spacial score (nSPS) is 11.1. The second kappa shape index (κ2) is 7.10. The van der Waals surface area contributed by atoms with Crippen LogP contribution in [-0.4, -0.2) is 34.2 Å². The number of para-hydroxylation sites is 1. The van der Waals surface area contributed by atoms with Crippen LogP contribution in [0.3, 0.4) is 0 Å². The molecule has 0 fully saturated rings. The van der Waals surface area contributed by atoms with E-state index in [2.05, 4.69) is 20.8 Å². The number of benzene rings is 2. The largest absolute Gasteiger partial charge is 0.496 e. The van der Waals surface area contributed by atoms with Crippen LogP contribution in [0.25, 0.3) is 11.0 Å². The quantitative estimate of drug-likeness (QED) is 0.569. The Bertz CT molecular complexity index is 906. The van der Waals surface area contributed by atoms with Crippen LogP contribution in [-0.2, 0) is 11.3 Å². The van der Waals surface area contributed by atoms with Crippen LogP contribution >= 0.6 is 11.6 Å². The van der Waals surface area contributed by atoms with Gasteiger partial charge in [-0.2, -0.15) is 5.10 Å². The number of aromatic nitrogens is 3. The summed E-state index contributed by atoms with van der Waals surface area (Å²) >= 11 is 5.94. The summed E-state index contributed by atoms with van der Waals surface area (Å²) in [6, 6.07) is 12.6. The van der Waals surface area contributed by atoms with E-state index in [-0.39, 0.29) is 12.5 Å². The first kappa shape index (κ1) is 15.9. The van der Waals surface area contributed by atoms with Crippen LogP contribution in [0.5, 0.6) is 5.75 Å². The number of hydrogen-bond donors (Lipinski definition) is 1. The summed E-state index contributed by atoms with van der Waals surface area (Å²) in [5.74, 6) is 0.294. The Hall–Kier alpha value is -2.93. The third-order valence-electron chi connectivity index (χ3n) is 3.30. The molecule has 1 amide bonds. The predicted octanol–water partition coefficient (Wildman–Crippen LogP) is 2.24. The third-order valence-corrected chi connectivity index (χ3v) is 3.53. The van der Waals surface area contributed by atoms with Gasteiger partial charge in [0.1, 0.15) is 17.8 Å². The molecule has 0 unspecified atom stereocenters. The highest BCUT2D eigenvalue weighted by molar-refractivity contribution is 6.30. The number of carbonyl (C=O) groups is 1. The van der Waals surface area contributed by atoms with Crippen molar-refractivity contribution in [3.05, 3.63) is 53.1 Å². The molecule has 7 nitrogen and oxygen atoms in total. The summed E-state index contributed by atoms with van der Waals surface area (Å²) in [7, 11) is 1.55. The van der Waals surface area contributed by atoms with Crippen LogP contribution in [0, 0.1) is 0 Å². The minimum Gasteiger partial charge on any atom is -0.496 e. The van der Waals surface area contributed by atoms with Crippen molar-refractivity contribution in [1.29, 1.82) is 0 Å². The van der Waals surface area contributed by atoms with Crippen LogP contribution < -0.4 is 10.2 Å². The summed E-state index contributed by atoms with van der Waals surface area (Å²) in [5, 5.41) is 12.4. The van der Waals surface area contributed by atoms with E-state index >= 15 is 0 Å². The maximum absolute atomic E-state index is 12.0. The first-order chi connectivity index (χ1) is 11.7. The second-order valence-corrected chi connectivity index (χ2v) is 5.35. The number of hydrazone groups is 1. The Morgan fingerprint density at radius 2 is 2.21 bits per heavy atom. The molecule has 0 spiro atoms. The molecular formula is C16H14ClN5O2. The van der Waals surface area contributed by atoms with Crippen molar-refractivity contribution in [2.45, 2.75) is 6.54 Å². The van der Waals surface area contributed by atoms with Gasteiger partial charge in [0.2, 0.25) is 0 Å². The van der Waals surface area contributed by atoms with Crippen LogP contribution in [0.1, 0.15) is 5.56 Å². The number of nitrogens with zero attached hydrogens (tertiary/aromatic N) is 4. The van der Waals surface area contributed by atoms with E-state index in [0.717, 1.165) is 11.0 Å². The lowest BCUT2D eigenvalue weighted by molar-refractivity contribution is -0.121. The predicted molar refractivity (Wildman–Crippen MR) is 91.3 cm³/mol. The highest BCUT2D eigenvalue weighted by Crippen LogP contribution is 2.20. The van der Waals surface area contributed by atoms with Crippen LogP contribution in [0.2, 0.25) is 5.02 Å². The van der Waals surface area contributed by atoms with E-state index in [4.69, 9.17) is 16.3 Å². The number of halogens is 1. The molecule has 2 aromatic carbocycles. The Morgan fingerprint density at radius 3 is 3.04 bits per heavy atom. The molecule has 0 radical (unpaired) electrons. The summed E-state index contributed by atoms with van der Waals surface area (Å²) in [4.78, 5) is 12.0. The van der Waals surface area contributed by atoms with Gasteiger partial charge in [-0.3, -0.25) is 4.79 Å². The molecule has 24 heavy (non-hydrogen) atoms. The third kappa shape index (κ3) is 3.52. The van der Waals surface area contributed by atoms with Crippen molar-refractivity contribution in [3.8, 4) is 5.75 Å². The second-order valence-electron chi connectivity index (χ2n) is 4.92. The number of rotatable bonds is 5. The van der Waals surface area contributed by atoms with E-state index in [1.807, 2.05) is 24.3 Å². The van der Waals surface area contributed by atoms with Gasteiger partial charge in [0.25, 0.3) is 5.91 Å². The lowest BCUT2D eigenvalue weighted by Crippen LogP contribution is -2.23. The molecular weight excluding hydrogens is 330 g/mol. The van der Waals surface area contributed by atoms with Crippen molar-refractivity contribution in [1.82, 2.24) is 20.4 Å². The van der Waals surface area contributed by atoms with Crippen molar-refractivity contribution < 1.29 is 9.53 Å². The van der Waals surface area contributed by atoms with Crippen molar-refractivity contribution >= 4 is 34.8 Å². The minimum absolute atomic E-state index is 0.0184. The maximum atomic E-state index is 12.0. The molecule has 0 aliphatic carbocycles. The fourth-order valence-electron chi connectivity index (χ4n) is 2.19. The number of fused-ring (bicyclic) bond motifs is 1. The van der Waals surface area contributed by atoms with Gasteiger partial charge in [0.05, 0.1) is 18.8 Å². The van der Waals surface area contributed by atoms with Gasteiger partial charge in [-0.1, -0.05) is 28.9 Å². The molecule has 0 saturated carbocycles. The molecule has 0 aliphatic heterocycles. The van der Waals surface area contributed by atoms with Crippen LogP contribution in [0.15, 0.2) is 47.6 Å². The van der Waals surface area contributed by atoms with E-state index in [1.54, 1.807) is 25.3 Å². The van der Waals surface area contributed by atoms with Crippen LogP contribution in [0.4, 0.5) is 0 Å². The van der Waals surface area contributed by atoms with Gasteiger partial charge >= 0.3 is 0 Å². The number of hydrogen-bond acceptors (Lipinski definition) is 5.